The number of nitro benzene ring substituents is 1. The third-order valence-corrected chi connectivity index (χ3v) is 5.88. The van der Waals surface area contributed by atoms with Gasteiger partial charge in [0.05, 0.1) is 15.5 Å². The van der Waals surface area contributed by atoms with E-state index in [2.05, 4.69) is 9.93 Å². The number of carbonyl (C=O) groups excluding carboxylic acids is 1. The Hall–Kier alpha value is -3.27. The van der Waals surface area contributed by atoms with Crippen molar-refractivity contribution in [2.24, 2.45) is 5.10 Å². The number of anilines is 1. The molecule has 1 fully saturated rings. The first-order valence-electron chi connectivity index (χ1n) is 8.91. The van der Waals surface area contributed by atoms with Gasteiger partial charge in [-0.15, -0.1) is 0 Å². The van der Waals surface area contributed by atoms with Crippen molar-refractivity contribution in [1.82, 2.24) is 4.83 Å². The highest BCUT2D eigenvalue weighted by Gasteiger charge is 2.22. The van der Waals surface area contributed by atoms with E-state index in [4.69, 9.17) is 0 Å². The fourth-order valence-electron chi connectivity index (χ4n) is 3.02. The molecule has 1 aliphatic heterocycles. The quantitative estimate of drug-likeness (QED) is 0.441. The van der Waals surface area contributed by atoms with Crippen molar-refractivity contribution in [3.8, 4) is 0 Å². The summed E-state index contributed by atoms with van der Waals surface area (Å²) in [6.07, 6.45) is 1.32. The molecule has 0 spiro atoms. The minimum absolute atomic E-state index is 0.0541. The number of hydrazone groups is 1. The largest absolute Gasteiger partial charge is 0.312 e. The van der Waals surface area contributed by atoms with Crippen LogP contribution in [0.4, 0.5) is 11.4 Å². The van der Waals surface area contributed by atoms with E-state index in [1.54, 1.807) is 30.0 Å². The van der Waals surface area contributed by atoms with Gasteiger partial charge in [-0.25, -0.2) is 0 Å². The van der Waals surface area contributed by atoms with Gasteiger partial charge in [0.25, 0.3) is 15.7 Å². The summed E-state index contributed by atoms with van der Waals surface area (Å²) in [4.78, 5) is 25.9. The van der Waals surface area contributed by atoms with E-state index in [9.17, 15) is 23.3 Å². The lowest BCUT2D eigenvalue weighted by molar-refractivity contribution is -0.385. The average Bonchev–Trinajstić information content (AvgIpc) is 3.12. The van der Waals surface area contributed by atoms with Gasteiger partial charge in [0.1, 0.15) is 0 Å². The number of amides is 1. The Bertz CT molecular complexity index is 1110. The number of hydrogen-bond acceptors (Lipinski definition) is 6. The molecule has 0 aliphatic carbocycles. The summed E-state index contributed by atoms with van der Waals surface area (Å²) < 4.78 is 25.0. The molecule has 0 aromatic heterocycles. The Balaban J connectivity index is 1.83. The Kier molecular flexibility index (Phi) is 5.64. The monoisotopic (exact) mass is 416 g/mol. The Morgan fingerprint density at radius 1 is 1.24 bits per heavy atom. The summed E-state index contributed by atoms with van der Waals surface area (Å²) in [6.45, 7) is 3.81. The molecule has 29 heavy (non-hydrogen) atoms. The summed E-state index contributed by atoms with van der Waals surface area (Å²) in [5, 5.41) is 15.0. The standard InChI is InChI=1S/C19H20N4O5S/c1-13-8-9-17(12-18(13)23(25)26)29(27,28)21-20-14(2)15-5-3-6-16(11-15)22-10-4-7-19(22)24/h3,5-6,8-9,11-12,21H,4,7,10H2,1-2H3/b20-14-. The van der Waals surface area contributed by atoms with Gasteiger partial charge in [-0.05, 0) is 44.0 Å². The molecule has 1 aliphatic rings. The van der Waals surface area contributed by atoms with E-state index in [-0.39, 0.29) is 16.5 Å². The molecular weight excluding hydrogens is 396 g/mol. The van der Waals surface area contributed by atoms with Crippen molar-refractivity contribution in [1.29, 1.82) is 0 Å². The molecule has 10 heteroatoms. The highest BCUT2D eigenvalue weighted by Crippen LogP contribution is 2.23. The van der Waals surface area contributed by atoms with Crippen molar-refractivity contribution in [3.05, 3.63) is 63.7 Å². The lowest BCUT2D eigenvalue weighted by atomic mass is 10.1. The number of carbonyl (C=O) groups is 1. The average molecular weight is 416 g/mol. The third-order valence-electron chi connectivity index (χ3n) is 4.67. The molecule has 152 valence electrons. The van der Waals surface area contributed by atoms with Gasteiger partial charge in [0.2, 0.25) is 5.91 Å². The lowest BCUT2D eigenvalue weighted by Gasteiger charge is -2.16. The number of nitrogens with one attached hydrogen (secondary N) is 1. The van der Waals surface area contributed by atoms with E-state index in [1.807, 2.05) is 6.07 Å². The van der Waals surface area contributed by atoms with Crippen LogP contribution in [0.5, 0.6) is 0 Å². The maximum Gasteiger partial charge on any atom is 0.276 e. The molecule has 3 rings (SSSR count). The zero-order valence-electron chi connectivity index (χ0n) is 16.0. The van der Waals surface area contributed by atoms with Gasteiger partial charge in [-0.2, -0.15) is 18.4 Å². The molecule has 1 heterocycles. The predicted molar refractivity (Wildman–Crippen MR) is 108 cm³/mol. The number of sulfonamides is 1. The van der Waals surface area contributed by atoms with Crippen LogP contribution in [0.15, 0.2) is 52.5 Å². The number of hydrogen-bond donors (Lipinski definition) is 1. The molecule has 1 saturated heterocycles. The van der Waals surface area contributed by atoms with Crippen LogP contribution < -0.4 is 9.73 Å². The minimum Gasteiger partial charge on any atom is -0.312 e. The first-order valence-corrected chi connectivity index (χ1v) is 10.4. The normalized spacial score (nSPS) is 14.9. The topological polar surface area (TPSA) is 122 Å². The van der Waals surface area contributed by atoms with Gasteiger partial charge >= 0.3 is 0 Å². The van der Waals surface area contributed by atoms with Crippen molar-refractivity contribution >= 4 is 33.0 Å². The molecule has 0 radical (unpaired) electrons. The van der Waals surface area contributed by atoms with E-state index >= 15 is 0 Å². The van der Waals surface area contributed by atoms with Gasteiger partial charge in [-0.3, -0.25) is 14.9 Å². The highest BCUT2D eigenvalue weighted by atomic mass is 32.2. The second kappa shape index (κ2) is 8.00. The number of nitrogens with zero attached hydrogens (tertiary/aromatic N) is 3. The molecule has 0 unspecified atom stereocenters. The van der Waals surface area contributed by atoms with Crippen LogP contribution in [-0.4, -0.2) is 31.5 Å². The number of benzene rings is 2. The van der Waals surface area contributed by atoms with E-state index in [0.29, 0.717) is 29.8 Å². The highest BCUT2D eigenvalue weighted by molar-refractivity contribution is 7.89. The van der Waals surface area contributed by atoms with Gasteiger partial charge in [-0.1, -0.05) is 18.2 Å². The maximum atomic E-state index is 12.5. The van der Waals surface area contributed by atoms with Gasteiger partial charge < -0.3 is 4.90 Å². The first kappa shape index (κ1) is 20.5. The molecule has 0 bridgehead atoms. The molecule has 1 N–H and O–H groups in total. The predicted octanol–water partition coefficient (Wildman–Crippen LogP) is 2.73. The smallest absolute Gasteiger partial charge is 0.276 e. The van der Waals surface area contributed by atoms with Crippen LogP contribution in [0.2, 0.25) is 0 Å². The summed E-state index contributed by atoms with van der Waals surface area (Å²) in [5.41, 5.74) is 1.86. The molecule has 9 nitrogen and oxygen atoms in total. The summed E-state index contributed by atoms with van der Waals surface area (Å²) in [5.74, 6) is 0.0541. The van der Waals surface area contributed by atoms with Crippen molar-refractivity contribution in [3.63, 3.8) is 0 Å². The number of nitro groups is 1. The lowest BCUT2D eigenvalue weighted by Crippen LogP contribution is -2.24. The van der Waals surface area contributed by atoms with E-state index in [0.717, 1.165) is 18.2 Å². The van der Waals surface area contributed by atoms with Crippen LogP contribution in [0.1, 0.15) is 30.9 Å². The fourth-order valence-corrected chi connectivity index (χ4v) is 3.90. The van der Waals surface area contributed by atoms with Crippen LogP contribution in [0.3, 0.4) is 0 Å². The minimum atomic E-state index is -4.08. The third kappa shape index (κ3) is 4.43. The molecular formula is C19H20N4O5S. The molecule has 0 atom stereocenters. The Labute approximate surface area is 168 Å². The van der Waals surface area contributed by atoms with E-state index < -0.39 is 14.9 Å². The second-order valence-electron chi connectivity index (χ2n) is 6.70. The number of rotatable bonds is 6. The van der Waals surface area contributed by atoms with Gasteiger partial charge in [0.15, 0.2) is 0 Å². The maximum absolute atomic E-state index is 12.5. The Morgan fingerprint density at radius 3 is 2.66 bits per heavy atom. The first-order chi connectivity index (χ1) is 13.7. The second-order valence-corrected chi connectivity index (χ2v) is 8.36. The van der Waals surface area contributed by atoms with Crippen molar-refractivity contribution in [2.45, 2.75) is 31.6 Å². The number of aryl methyl sites for hydroxylation is 1. The fraction of sp³-hybridized carbons (Fsp3) is 0.263. The van der Waals surface area contributed by atoms with Crippen LogP contribution in [-0.2, 0) is 14.8 Å². The van der Waals surface area contributed by atoms with E-state index in [1.165, 1.54) is 19.1 Å². The summed E-state index contributed by atoms with van der Waals surface area (Å²) in [7, 11) is -4.08. The van der Waals surface area contributed by atoms with Crippen LogP contribution >= 0.6 is 0 Å². The zero-order valence-corrected chi connectivity index (χ0v) is 16.8. The SMILES string of the molecule is C/C(=N/NS(=O)(=O)c1ccc(C)c([N+](=O)[O-])c1)c1cccc(N2CCCC2=O)c1. The summed E-state index contributed by atoms with van der Waals surface area (Å²) >= 11 is 0. The van der Waals surface area contributed by atoms with Crippen molar-refractivity contribution < 1.29 is 18.1 Å². The molecule has 1 amide bonds. The zero-order chi connectivity index (χ0) is 21.2. The summed E-state index contributed by atoms with van der Waals surface area (Å²) in [6, 6.07) is 10.8. The molecule has 2 aromatic rings. The molecule has 2 aromatic carbocycles. The van der Waals surface area contributed by atoms with Gasteiger partial charge in [0, 0.05) is 30.3 Å². The Morgan fingerprint density at radius 2 is 2.00 bits per heavy atom. The molecule has 0 saturated carbocycles. The van der Waals surface area contributed by atoms with Crippen LogP contribution in [0, 0.1) is 17.0 Å². The van der Waals surface area contributed by atoms with Crippen molar-refractivity contribution in [2.75, 3.05) is 11.4 Å². The van der Waals surface area contributed by atoms with Crippen LogP contribution in [0.25, 0.3) is 0 Å².